The highest BCUT2D eigenvalue weighted by atomic mass is 79.9. The van der Waals surface area contributed by atoms with Gasteiger partial charge in [0.05, 0.1) is 7.11 Å². The number of hydrogen-bond donors (Lipinski definition) is 1. The van der Waals surface area contributed by atoms with Crippen LogP contribution in [0.15, 0.2) is 22.7 Å². The van der Waals surface area contributed by atoms with Crippen molar-refractivity contribution in [1.29, 1.82) is 0 Å². The SMILES string of the molecule is CCCCCC(=O)NOCc1cc(Br)ccc1OC. The Kier molecular flexibility index (Phi) is 7.52. The predicted molar refractivity (Wildman–Crippen MR) is 77.8 cm³/mol. The Balaban J connectivity index is 2.36. The molecule has 0 radical (unpaired) electrons. The van der Waals surface area contributed by atoms with Gasteiger partial charge in [-0.3, -0.25) is 9.63 Å². The minimum Gasteiger partial charge on any atom is -0.496 e. The smallest absolute Gasteiger partial charge is 0.243 e. The Hall–Kier alpha value is -1.07. The maximum absolute atomic E-state index is 11.5. The van der Waals surface area contributed by atoms with E-state index in [1.54, 1.807) is 7.11 Å². The zero-order chi connectivity index (χ0) is 14.1. The lowest BCUT2D eigenvalue weighted by atomic mass is 10.2. The Bertz CT molecular complexity index is 410. The molecule has 1 aromatic rings. The van der Waals surface area contributed by atoms with Gasteiger partial charge in [-0.2, -0.15) is 0 Å². The molecule has 1 amide bonds. The van der Waals surface area contributed by atoms with Gasteiger partial charge < -0.3 is 4.74 Å². The first-order valence-corrected chi connectivity index (χ1v) is 7.19. The first-order valence-electron chi connectivity index (χ1n) is 6.40. The average Bonchev–Trinajstić information content (AvgIpc) is 2.39. The minimum atomic E-state index is -0.0811. The van der Waals surface area contributed by atoms with Crippen molar-refractivity contribution in [1.82, 2.24) is 5.48 Å². The van der Waals surface area contributed by atoms with Crippen molar-refractivity contribution in [3.05, 3.63) is 28.2 Å². The molecule has 0 fully saturated rings. The van der Waals surface area contributed by atoms with E-state index in [2.05, 4.69) is 28.3 Å². The van der Waals surface area contributed by atoms with Crippen LogP contribution in [0.25, 0.3) is 0 Å². The number of carbonyl (C=O) groups is 1. The third-order valence-corrected chi connectivity index (χ3v) is 3.16. The van der Waals surface area contributed by atoms with Crippen molar-refractivity contribution in [3.8, 4) is 5.75 Å². The molecule has 0 heterocycles. The maximum Gasteiger partial charge on any atom is 0.243 e. The van der Waals surface area contributed by atoms with Crippen LogP contribution >= 0.6 is 15.9 Å². The van der Waals surface area contributed by atoms with E-state index in [9.17, 15) is 4.79 Å². The van der Waals surface area contributed by atoms with Gasteiger partial charge in [0.15, 0.2) is 0 Å². The molecule has 0 saturated carbocycles. The monoisotopic (exact) mass is 329 g/mol. The molecule has 5 heteroatoms. The van der Waals surface area contributed by atoms with Gasteiger partial charge in [-0.05, 0) is 24.6 Å². The number of hydrogen-bond acceptors (Lipinski definition) is 3. The number of hydroxylamine groups is 1. The zero-order valence-electron chi connectivity index (χ0n) is 11.4. The van der Waals surface area contributed by atoms with Crippen LogP contribution in [0.1, 0.15) is 38.2 Å². The van der Waals surface area contributed by atoms with Crippen molar-refractivity contribution >= 4 is 21.8 Å². The van der Waals surface area contributed by atoms with E-state index >= 15 is 0 Å². The van der Waals surface area contributed by atoms with E-state index in [4.69, 9.17) is 9.57 Å². The number of rotatable bonds is 8. The van der Waals surface area contributed by atoms with Gasteiger partial charge >= 0.3 is 0 Å². The van der Waals surface area contributed by atoms with Crippen LogP contribution in [0.4, 0.5) is 0 Å². The second-order valence-electron chi connectivity index (χ2n) is 4.23. The highest BCUT2D eigenvalue weighted by Gasteiger charge is 2.05. The lowest BCUT2D eigenvalue weighted by molar-refractivity contribution is -0.134. The van der Waals surface area contributed by atoms with E-state index < -0.39 is 0 Å². The Morgan fingerprint density at radius 1 is 1.37 bits per heavy atom. The van der Waals surface area contributed by atoms with Gasteiger partial charge in [0.25, 0.3) is 0 Å². The molecule has 0 aliphatic heterocycles. The number of unbranched alkanes of at least 4 members (excludes halogenated alkanes) is 2. The summed E-state index contributed by atoms with van der Waals surface area (Å²) in [5.74, 6) is 0.658. The van der Waals surface area contributed by atoms with E-state index in [0.717, 1.165) is 35.0 Å². The van der Waals surface area contributed by atoms with Crippen LogP contribution in [0.5, 0.6) is 5.75 Å². The second kappa shape index (κ2) is 8.93. The molecular weight excluding hydrogens is 310 g/mol. The quantitative estimate of drug-likeness (QED) is 0.585. The number of benzene rings is 1. The lowest BCUT2D eigenvalue weighted by Crippen LogP contribution is -2.23. The second-order valence-corrected chi connectivity index (χ2v) is 5.14. The first kappa shape index (κ1) is 16.0. The summed E-state index contributed by atoms with van der Waals surface area (Å²) in [5, 5.41) is 0. The van der Waals surface area contributed by atoms with Gasteiger partial charge in [0.1, 0.15) is 12.4 Å². The fourth-order valence-electron chi connectivity index (χ4n) is 1.64. The van der Waals surface area contributed by atoms with Crippen LogP contribution in [-0.4, -0.2) is 13.0 Å². The van der Waals surface area contributed by atoms with Crippen molar-refractivity contribution in [2.75, 3.05) is 7.11 Å². The standard InChI is InChI=1S/C14H20BrNO3/c1-3-4-5-6-14(17)16-19-10-11-9-12(15)7-8-13(11)18-2/h7-9H,3-6,10H2,1-2H3,(H,16,17). The number of carbonyl (C=O) groups excluding carboxylic acids is 1. The Morgan fingerprint density at radius 2 is 2.16 bits per heavy atom. The fourth-order valence-corrected chi connectivity index (χ4v) is 2.05. The number of ether oxygens (including phenoxy) is 1. The molecule has 106 valence electrons. The molecule has 1 aromatic carbocycles. The summed E-state index contributed by atoms with van der Waals surface area (Å²) < 4.78 is 6.17. The maximum atomic E-state index is 11.5. The highest BCUT2D eigenvalue weighted by molar-refractivity contribution is 9.10. The summed E-state index contributed by atoms with van der Waals surface area (Å²) in [5.41, 5.74) is 3.33. The normalized spacial score (nSPS) is 10.3. The topological polar surface area (TPSA) is 47.6 Å². The summed E-state index contributed by atoms with van der Waals surface area (Å²) in [6.07, 6.45) is 3.56. The number of amides is 1. The Labute approximate surface area is 122 Å². The average molecular weight is 330 g/mol. The van der Waals surface area contributed by atoms with Gasteiger partial charge in [-0.15, -0.1) is 0 Å². The van der Waals surface area contributed by atoms with E-state index in [0.29, 0.717) is 6.42 Å². The Morgan fingerprint density at radius 3 is 2.84 bits per heavy atom. The third kappa shape index (κ3) is 6.07. The molecule has 1 N–H and O–H groups in total. The molecule has 0 saturated heterocycles. The summed E-state index contributed by atoms with van der Waals surface area (Å²) in [6.45, 7) is 2.38. The molecule has 4 nitrogen and oxygen atoms in total. The molecule has 0 unspecified atom stereocenters. The van der Waals surface area contributed by atoms with E-state index in [1.807, 2.05) is 18.2 Å². The van der Waals surface area contributed by atoms with Crippen LogP contribution in [-0.2, 0) is 16.2 Å². The van der Waals surface area contributed by atoms with Crippen LogP contribution in [0.3, 0.4) is 0 Å². The summed E-state index contributed by atoms with van der Waals surface area (Å²) in [6, 6.07) is 5.65. The first-order chi connectivity index (χ1) is 9.17. The largest absolute Gasteiger partial charge is 0.496 e. The minimum absolute atomic E-state index is 0.0811. The molecule has 19 heavy (non-hydrogen) atoms. The van der Waals surface area contributed by atoms with Gasteiger partial charge in [-0.25, -0.2) is 5.48 Å². The van der Waals surface area contributed by atoms with Crippen LogP contribution in [0, 0.1) is 0 Å². The number of nitrogens with one attached hydrogen (secondary N) is 1. The van der Waals surface area contributed by atoms with Gasteiger partial charge in [0.2, 0.25) is 5.91 Å². The summed E-state index contributed by atoms with van der Waals surface area (Å²) >= 11 is 3.39. The van der Waals surface area contributed by atoms with Crippen molar-refractivity contribution in [3.63, 3.8) is 0 Å². The molecule has 0 aliphatic rings. The van der Waals surface area contributed by atoms with E-state index in [1.165, 1.54) is 0 Å². The van der Waals surface area contributed by atoms with Crippen LogP contribution in [0.2, 0.25) is 0 Å². The molecular formula is C14H20BrNO3. The van der Waals surface area contributed by atoms with E-state index in [-0.39, 0.29) is 12.5 Å². The highest BCUT2D eigenvalue weighted by Crippen LogP contribution is 2.23. The van der Waals surface area contributed by atoms with Crippen LogP contribution < -0.4 is 10.2 Å². The van der Waals surface area contributed by atoms with Crippen molar-refractivity contribution in [2.24, 2.45) is 0 Å². The summed E-state index contributed by atoms with van der Waals surface area (Å²) in [4.78, 5) is 16.7. The van der Waals surface area contributed by atoms with Gasteiger partial charge in [0, 0.05) is 16.5 Å². The predicted octanol–water partition coefficient (Wildman–Crippen LogP) is 3.59. The molecule has 0 aromatic heterocycles. The number of methoxy groups -OCH3 is 1. The summed E-state index contributed by atoms with van der Waals surface area (Å²) in [7, 11) is 1.61. The molecule has 0 atom stereocenters. The molecule has 1 rings (SSSR count). The fraction of sp³-hybridized carbons (Fsp3) is 0.500. The van der Waals surface area contributed by atoms with Crippen molar-refractivity contribution < 1.29 is 14.4 Å². The molecule has 0 spiro atoms. The number of halogens is 1. The van der Waals surface area contributed by atoms with Gasteiger partial charge in [-0.1, -0.05) is 35.7 Å². The lowest BCUT2D eigenvalue weighted by Gasteiger charge is -2.10. The third-order valence-electron chi connectivity index (χ3n) is 2.66. The van der Waals surface area contributed by atoms with Crippen molar-refractivity contribution in [2.45, 2.75) is 39.2 Å². The molecule has 0 bridgehead atoms. The zero-order valence-corrected chi connectivity index (χ0v) is 13.0. The molecule has 0 aliphatic carbocycles.